The summed E-state index contributed by atoms with van der Waals surface area (Å²) in [7, 11) is 0. The average molecular weight is 275 g/mol. The van der Waals surface area contributed by atoms with Crippen LogP contribution in [0.2, 0.25) is 0 Å². The van der Waals surface area contributed by atoms with Gasteiger partial charge in [-0.05, 0) is 43.6 Å². The fraction of sp³-hybridized carbons (Fsp3) is 0.647. The third kappa shape index (κ3) is 3.40. The van der Waals surface area contributed by atoms with Gasteiger partial charge in [0, 0.05) is 12.6 Å². The number of ether oxygens (including phenoxy) is 2. The quantitative estimate of drug-likeness (QED) is 0.919. The summed E-state index contributed by atoms with van der Waals surface area (Å²) in [6.07, 6.45) is 6.03. The second kappa shape index (κ2) is 6.70. The Morgan fingerprint density at radius 2 is 2.00 bits per heavy atom. The van der Waals surface area contributed by atoms with E-state index in [0.29, 0.717) is 18.6 Å². The highest BCUT2D eigenvalue weighted by atomic mass is 16.5. The molecule has 4 unspecified atom stereocenters. The number of nitrogens with two attached hydrogens (primary N) is 1. The molecule has 0 radical (unpaired) electrons. The van der Waals surface area contributed by atoms with Crippen molar-refractivity contribution >= 4 is 0 Å². The molecule has 20 heavy (non-hydrogen) atoms. The first-order chi connectivity index (χ1) is 9.83. The Labute approximate surface area is 121 Å². The van der Waals surface area contributed by atoms with E-state index in [2.05, 4.69) is 30.3 Å². The van der Waals surface area contributed by atoms with Crippen molar-refractivity contribution in [1.29, 1.82) is 0 Å². The van der Waals surface area contributed by atoms with Gasteiger partial charge in [-0.15, -0.1) is 0 Å². The molecular formula is C17H25NO2. The van der Waals surface area contributed by atoms with E-state index in [0.717, 1.165) is 32.3 Å². The maximum atomic E-state index is 6.24. The van der Waals surface area contributed by atoms with Crippen LogP contribution in [0.5, 0.6) is 0 Å². The van der Waals surface area contributed by atoms with Gasteiger partial charge in [-0.2, -0.15) is 0 Å². The van der Waals surface area contributed by atoms with Crippen molar-refractivity contribution in [1.82, 2.24) is 0 Å². The number of rotatable bonds is 4. The third-order valence-electron chi connectivity index (χ3n) is 4.63. The lowest BCUT2D eigenvalue weighted by atomic mass is 9.80. The highest BCUT2D eigenvalue weighted by Crippen LogP contribution is 2.34. The molecule has 1 aromatic rings. The average Bonchev–Trinajstić information content (AvgIpc) is 3.01. The minimum Gasteiger partial charge on any atom is -0.376 e. The Hall–Kier alpha value is -0.900. The molecule has 110 valence electrons. The van der Waals surface area contributed by atoms with Gasteiger partial charge in [0.05, 0.1) is 18.8 Å². The van der Waals surface area contributed by atoms with Crippen molar-refractivity contribution in [2.75, 3.05) is 13.2 Å². The minimum atomic E-state index is 0.177. The van der Waals surface area contributed by atoms with Gasteiger partial charge in [0.25, 0.3) is 0 Å². The Morgan fingerprint density at radius 3 is 2.75 bits per heavy atom. The van der Waals surface area contributed by atoms with Gasteiger partial charge in [-0.1, -0.05) is 30.3 Å². The molecular weight excluding hydrogens is 250 g/mol. The normalized spacial score (nSPS) is 34.2. The zero-order valence-electron chi connectivity index (χ0n) is 12.0. The Balaban J connectivity index is 1.55. The molecule has 2 aliphatic rings. The lowest BCUT2D eigenvalue weighted by Crippen LogP contribution is -2.42. The van der Waals surface area contributed by atoms with E-state index in [1.807, 2.05) is 0 Å². The Morgan fingerprint density at radius 1 is 1.15 bits per heavy atom. The molecule has 0 aromatic heterocycles. The first-order valence-electron chi connectivity index (χ1n) is 7.86. The Bertz CT molecular complexity index is 403. The minimum absolute atomic E-state index is 0.177. The van der Waals surface area contributed by atoms with Crippen LogP contribution in [0.4, 0.5) is 0 Å². The van der Waals surface area contributed by atoms with Gasteiger partial charge in [0.1, 0.15) is 0 Å². The summed E-state index contributed by atoms with van der Waals surface area (Å²) in [5.41, 5.74) is 7.66. The molecule has 2 fully saturated rings. The molecule has 1 heterocycles. The standard InChI is InChI=1S/C17H25NO2/c18-16-9-8-14(13-5-2-1-3-6-13)11-17(16)20-12-15-7-4-10-19-15/h1-3,5-6,14-17H,4,7-12,18H2. The molecule has 0 amide bonds. The molecule has 1 aromatic carbocycles. The van der Waals surface area contributed by atoms with Crippen LogP contribution in [0.1, 0.15) is 43.6 Å². The summed E-state index contributed by atoms with van der Waals surface area (Å²) >= 11 is 0. The highest BCUT2D eigenvalue weighted by molar-refractivity contribution is 5.20. The maximum Gasteiger partial charge on any atom is 0.0809 e. The van der Waals surface area contributed by atoms with E-state index >= 15 is 0 Å². The molecule has 4 atom stereocenters. The van der Waals surface area contributed by atoms with Crippen LogP contribution in [-0.4, -0.2) is 31.5 Å². The second-order valence-corrected chi connectivity index (χ2v) is 6.09. The van der Waals surface area contributed by atoms with E-state index < -0.39 is 0 Å². The molecule has 3 nitrogen and oxygen atoms in total. The Kier molecular flexibility index (Phi) is 4.71. The lowest BCUT2D eigenvalue weighted by Gasteiger charge is -2.34. The summed E-state index contributed by atoms with van der Waals surface area (Å²) in [6.45, 7) is 1.59. The SMILES string of the molecule is NC1CCC(c2ccccc2)CC1OCC1CCCO1. The fourth-order valence-electron chi connectivity index (χ4n) is 3.38. The van der Waals surface area contributed by atoms with Gasteiger partial charge in [0.2, 0.25) is 0 Å². The lowest BCUT2D eigenvalue weighted by molar-refractivity contribution is -0.0428. The van der Waals surface area contributed by atoms with Crippen molar-refractivity contribution in [2.24, 2.45) is 5.73 Å². The summed E-state index contributed by atoms with van der Waals surface area (Å²) in [5.74, 6) is 0.588. The summed E-state index contributed by atoms with van der Waals surface area (Å²) in [5, 5.41) is 0. The zero-order chi connectivity index (χ0) is 13.8. The first-order valence-corrected chi connectivity index (χ1v) is 7.86. The van der Waals surface area contributed by atoms with Crippen LogP contribution in [0.25, 0.3) is 0 Å². The molecule has 2 N–H and O–H groups in total. The van der Waals surface area contributed by atoms with Gasteiger partial charge >= 0.3 is 0 Å². The van der Waals surface area contributed by atoms with Crippen molar-refractivity contribution in [3.63, 3.8) is 0 Å². The summed E-state index contributed by atoms with van der Waals surface area (Å²) in [4.78, 5) is 0. The molecule has 1 aliphatic carbocycles. The predicted octanol–water partition coefficient (Wildman–Crippen LogP) is 2.85. The van der Waals surface area contributed by atoms with E-state index in [-0.39, 0.29) is 12.1 Å². The monoisotopic (exact) mass is 275 g/mol. The number of benzene rings is 1. The first kappa shape index (κ1) is 14.1. The molecule has 0 spiro atoms. The van der Waals surface area contributed by atoms with Crippen LogP contribution < -0.4 is 5.73 Å². The van der Waals surface area contributed by atoms with E-state index in [1.54, 1.807) is 0 Å². The molecule has 1 saturated heterocycles. The predicted molar refractivity (Wildman–Crippen MR) is 79.7 cm³/mol. The van der Waals surface area contributed by atoms with Crippen molar-refractivity contribution < 1.29 is 9.47 Å². The molecule has 3 heteroatoms. The number of hydrogen-bond acceptors (Lipinski definition) is 3. The van der Waals surface area contributed by atoms with Crippen molar-refractivity contribution in [3.8, 4) is 0 Å². The number of hydrogen-bond donors (Lipinski definition) is 1. The van der Waals surface area contributed by atoms with E-state index in [9.17, 15) is 0 Å². The van der Waals surface area contributed by atoms with Gasteiger partial charge < -0.3 is 15.2 Å². The largest absolute Gasteiger partial charge is 0.376 e. The third-order valence-corrected chi connectivity index (χ3v) is 4.63. The van der Waals surface area contributed by atoms with Crippen LogP contribution >= 0.6 is 0 Å². The topological polar surface area (TPSA) is 44.5 Å². The molecule has 3 rings (SSSR count). The second-order valence-electron chi connectivity index (χ2n) is 6.09. The maximum absolute atomic E-state index is 6.24. The molecule has 1 saturated carbocycles. The van der Waals surface area contributed by atoms with Gasteiger partial charge in [0.15, 0.2) is 0 Å². The van der Waals surface area contributed by atoms with Gasteiger partial charge in [-0.3, -0.25) is 0 Å². The summed E-state index contributed by atoms with van der Waals surface area (Å²) < 4.78 is 11.7. The van der Waals surface area contributed by atoms with E-state index in [1.165, 1.54) is 12.0 Å². The van der Waals surface area contributed by atoms with Crippen LogP contribution in [0.3, 0.4) is 0 Å². The molecule has 0 bridgehead atoms. The fourth-order valence-corrected chi connectivity index (χ4v) is 3.38. The van der Waals surface area contributed by atoms with E-state index in [4.69, 9.17) is 15.2 Å². The van der Waals surface area contributed by atoms with Crippen molar-refractivity contribution in [2.45, 2.75) is 56.3 Å². The van der Waals surface area contributed by atoms with Crippen LogP contribution in [0, 0.1) is 0 Å². The van der Waals surface area contributed by atoms with Gasteiger partial charge in [-0.25, -0.2) is 0 Å². The summed E-state index contributed by atoms with van der Waals surface area (Å²) in [6, 6.07) is 10.9. The van der Waals surface area contributed by atoms with Crippen LogP contribution in [0.15, 0.2) is 30.3 Å². The molecule has 1 aliphatic heterocycles. The van der Waals surface area contributed by atoms with Crippen LogP contribution in [-0.2, 0) is 9.47 Å². The zero-order valence-corrected chi connectivity index (χ0v) is 12.0. The van der Waals surface area contributed by atoms with Crippen molar-refractivity contribution in [3.05, 3.63) is 35.9 Å². The highest BCUT2D eigenvalue weighted by Gasteiger charge is 2.30. The smallest absolute Gasteiger partial charge is 0.0809 e.